The van der Waals surface area contributed by atoms with Gasteiger partial charge in [0.25, 0.3) is 0 Å². The molecule has 0 aliphatic heterocycles. The number of aromatic nitrogens is 1. The van der Waals surface area contributed by atoms with Gasteiger partial charge in [0.15, 0.2) is 0 Å². The number of rotatable bonds is 8. The number of ether oxygens (including phenoxy) is 1. The molecule has 0 spiro atoms. The first-order chi connectivity index (χ1) is 12.4. The van der Waals surface area contributed by atoms with E-state index in [9.17, 15) is 0 Å². The molecule has 0 aliphatic rings. The molecule has 0 fully saturated rings. The third kappa shape index (κ3) is 5.56. The molecular weight excluding hydrogens is 390 g/mol. The van der Waals surface area contributed by atoms with Crippen molar-refractivity contribution in [2.45, 2.75) is 46.6 Å². The van der Waals surface area contributed by atoms with Crippen molar-refractivity contribution in [2.75, 3.05) is 13.6 Å². The first kappa shape index (κ1) is 20.4. The normalized spacial score (nSPS) is 12.4. The molecule has 1 unspecified atom stereocenters. The van der Waals surface area contributed by atoms with Gasteiger partial charge in [0.2, 0.25) is 5.88 Å². The molecule has 0 saturated carbocycles. The Bertz CT molecular complexity index is 761. The molecule has 1 heterocycles. The van der Waals surface area contributed by atoms with Crippen molar-refractivity contribution < 1.29 is 4.74 Å². The maximum Gasteiger partial charge on any atom is 0.228 e. The lowest BCUT2D eigenvalue weighted by Crippen LogP contribution is -2.14. The highest BCUT2D eigenvalue weighted by Crippen LogP contribution is 2.32. The van der Waals surface area contributed by atoms with Crippen molar-refractivity contribution in [1.82, 2.24) is 9.88 Å². The second-order valence-electron chi connectivity index (χ2n) is 6.45. The number of aryl methyl sites for hydroxylation is 2. The Balaban J connectivity index is 2.17. The third-order valence-electron chi connectivity index (χ3n) is 4.25. The molecule has 5 heteroatoms. The SMILES string of the molecule is CCCc1cccc(C(C)Oc2nc(C)c(N=CN(C)CC)cc2Br)c1. The molecule has 0 amide bonds. The van der Waals surface area contributed by atoms with E-state index in [-0.39, 0.29) is 6.10 Å². The van der Waals surface area contributed by atoms with Crippen LogP contribution >= 0.6 is 15.9 Å². The van der Waals surface area contributed by atoms with Gasteiger partial charge in [-0.3, -0.25) is 0 Å². The quantitative estimate of drug-likeness (QED) is 0.398. The molecule has 0 bridgehead atoms. The van der Waals surface area contributed by atoms with Crippen LogP contribution in [0.4, 0.5) is 5.69 Å². The zero-order valence-corrected chi connectivity index (χ0v) is 17.9. The topological polar surface area (TPSA) is 37.7 Å². The number of hydrogen-bond donors (Lipinski definition) is 0. The van der Waals surface area contributed by atoms with E-state index in [4.69, 9.17) is 4.74 Å². The second kappa shape index (κ2) is 9.72. The van der Waals surface area contributed by atoms with Crippen molar-refractivity contribution in [3.8, 4) is 5.88 Å². The fourth-order valence-electron chi connectivity index (χ4n) is 2.53. The zero-order chi connectivity index (χ0) is 19.1. The minimum Gasteiger partial charge on any atom is -0.469 e. The summed E-state index contributed by atoms with van der Waals surface area (Å²) in [5.74, 6) is 0.596. The van der Waals surface area contributed by atoms with Crippen LogP contribution in [0.3, 0.4) is 0 Å². The Hall–Kier alpha value is -1.88. The highest BCUT2D eigenvalue weighted by molar-refractivity contribution is 9.10. The van der Waals surface area contributed by atoms with Crippen LogP contribution in [0.15, 0.2) is 39.8 Å². The van der Waals surface area contributed by atoms with Gasteiger partial charge in [-0.25, -0.2) is 9.98 Å². The monoisotopic (exact) mass is 417 g/mol. The van der Waals surface area contributed by atoms with Gasteiger partial charge in [-0.15, -0.1) is 0 Å². The highest BCUT2D eigenvalue weighted by atomic mass is 79.9. The largest absolute Gasteiger partial charge is 0.469 e. The second-order valence-corrected chi connectivity index (χ2v) is 7.31. The van der Waals surface area contributed by atoms with Crippen LogP contribution in [0.1, 0.15) is 50.1 Å². The van der Waals surface area contributed by atoms with E-state index < -0.39 is 0 Å². The number of nitrogens with zero attached hydrogens (tertiary/aromatic N) is 3. The lowest BCUT2D eigenvalue weighted by Gasteiger charge is -2.17. The highest BCUT2D eigenvalue weighted by Gasteiger charge is 2.13. The first-order valence-corrected chi connectivity index (χ1v) is 9.90. The zero-order valence-electron chi connectivity index (χ0n) is 16.3. The lowest BCUT2D eigenvalue weighted by atomic mass is 10.0. The molecule has 1 atom stereocenters. The van der Waals surface area contributed by atoms with Crippen LogP contribution in [0.2, 0.25) is 0 Å². The average molecular weight is 418 g/mol. The minimum atomic E-state index is -0.0735. The Morgan fingerprint density at radius 2 is 2.08 bits per heavy atom. The lowest BCUT2D eigenvalue weighted by molar-refractivity contribution is 0.215. The number of pyridine rings is 1. The van der Waals surface area contributed by atoms with E-state index in [0.29, 0.717) is 5.88 Å². The van der Waals surface area contributed by atoms with E-state index in [2.05, 4.69) is 70.9 Å². The van der Waals surface area contributed by atoms with Gasteiger partial charge in [-0.05, 0) is 60.3 Å². The van der Waals surface area contributed by atoms with E-state index in [1.807, 2.05) is 31.3 Å². The molecule has 2 rings (SSSR count). The van der Waals surface area contributed by atoms with Crippen molar-refractivity contribution in [2.24, 2.45) is 4.99 Å². The van der Waals surface area contributed by atoms with Crippen molar-refractivity contribution in [3.05, 3.63) is 51.6 Å². The van der Waals surface area contributed by atoms with Crippen LogP contribution in [0.25, 0.3) is 0 Å². The predicted octanol–water partition coefficient (Wildman–Crippen LogP) is 5.86. The minimum absolute atomic E-state index is 0.0735. The van der Waals surface area contributed by atoms with Crippen LogP contribution in [0, 0.1) is 6.92 Å². The van der Waals surface area contributed by atoms with Crippen molar-refractivity contribution >= 4 is 28.0 Å². The predicted molar refractivity (Wildman–Crippen MR) is 113 cm³/mol. The van der Waals surface area contributed by atoms with Crippen molar-refractivity contribution in [3.63, 3.8) is 0 Å². The number of hydrogen-bond acceptors (Lipinski definition) is 3. The fraction of sp³-hybridized carbons (Fsp3) is 0.429. The van der Waals surface area contributed by atoms with Gasteiger partial charge in [-0.2, -0.15) is 0 Å². The van der Waals surface area contributed by atoms with Crippen LogP contribution in [-0.4, -0.2) is 29.8 Å². The molecule has 0 aliphatic carbocycles. The summed E-state index contributed by atoms with van der Waals surface area (Å²) in [4.78, 5) is 11.1. The van der Waals surface area contributed by atoms with Crippen LogP contribution < -0.4 is 4.74 Å². The summed E-state index contributed by atoms with van der Waals surface area (Å²) in [5, 5.41) is 0. The molecule has 4 nitrogen and oxygen atoms in total. The summed E-state index contributed by atoms with van der Waals surface area (Å²) in [7, 11) is 1.99. The number of halogens is 1. The Labute approximate surface area is 165 Å². The molecular formula is C21H28BrN3O. The first-order valence-electron chi connectivity index (χ1n) is 9.11. The fourth-order valence-corrected chi connectivity index (χ4v) is 2.93. The molecule has 0 N–H and O–H groups in total. The van der Waals surface area contributed by atoms with E-state index in [1.54, 1.807) is 0 Å². The van der Waals surface area contributed by atoms with Crippen LogP contribution in [-0.2, 0) is 6.42 Å². The standard InChI is InChI=1S/C21H28BrN3O/c1-6-9-17-10-8-11-18(12-17)16(4)26-21-19(22)13-20(15(3)24-21)23-14-25(5)7-2/h8,10-14,16H,6-7,9H2,1-5H3. The smallest absolute Gasteiger partial charge is 0.228 e. The van der Waals surface area contributed by atoms with Gasteiger partial charge in [-0.1, -0.05) is 37.6 Å². The maximum atomic E-state index is 6.13. The maximum absolute atomic E-state index is 6.13. The molecule has 1 aromatic heterocycles. The molecule has 26 heavy (non-hydrogen) atoms. The van der Waals surface area contributed by atoms with Gasteiger partial charge >= 0.3 is 0 Å². The molecule has 0 radical (unpaired) electrons. The summed E-state index contributed by atoms with van der Waals surface area (Å²) in [5.41, 5.74) is 4.18. The summed E-state index contributed by atoms with van der Waals surface area (Å²) in [6.07, 6.45) is 3.97. The summed E-state index contributed by atoms with van der Waals surface area (Å²) >= 11 is 3.57. The van der Waals surface area contributed by atoms with Gasteiger partial charge in [0, 0.05) is 13.6 Å². The summed E-state index contributed by atoms with van der Waals surface area (Å²) in [6, 6.07) is 10.5. The van der Waals surface area contributed by atoms with Crippen LogP contribution in [0.5, 0.6) is 5.88 Å². The van der Waals surface area contributed by atoms with E-state index >= 15 is 0 Å². The van der Waals surface area contributed by atoms with Gasteiger partial charge in [0.05, 0.1) is 22.2 Å². The molecule has 1 aromatic carbocycles. The summed E-state index contributed by atoms with van der Waals surface area (Å²) < 4.78 is 6.94. The van der Waals surface area contributed by atoms with E-state index in [0.717, 1.165) is 40.8 Å². The molecule has 0 saturated heterocycles. The van der Waals surface area contributed by atoms with Crippen molar-refractivity contribution in [1.29, 1.82) is 0 Å². The number of aliphatic imine (C=N–C) groups is 1. The number of benzene rings is 1. The average Bonchev–Trinajstić information content (AvgIpc) is 2.63. The van der Waals surface area contributed by atoms with Gasteiger partial charge in [0.1, 0.15) is 6.10 Å². The Morgan fingerprint density at radius 3 is 2.77 bits per heavy atom. The van der Waals surface area contributed by atoms with Gasteiger partial charge < -0.3 is 9.64 Å². The van der Waals surface area contributed by atoms with E-state index in [1.165, 1.54) is 5.56 Å². The Morgan fingerprint density at radius 1 is 1.31 bits per heavy atom. The third-order valence-corrected chi connectivity index (χ3v) is 4.82. The molecule has 140 valence electrons. The molecule has 2 aromatic rings. The summed E-state index contributed by atoms with van der Waals surface area (Å²) in [6.45, 7) is 9.19. The Kier molecular flexibility index (Phi) is 7.64.